The molecule has 0 radical (unpaired) electrons. The number of piperidine rings is 1. The summed E-state index contributed by atoms with van der Waals surface area (Å²) in [5, 5.41) is 9.52. The first-order valence-electron chi connectivity index (χ1n) is 7.66. The smallest absolute Gasteiger partial charge is 0.320 e. The fourth-order valence-corrected chi connectivity index (χ4v) is 3.77. The van der Waals surface area contributed by atoms with Crippen molar-refractivity contribution < 1.29 is 14.7 Å². The van der Waals surface area contributed by atoms with Crippen LogP contribution in [0.3, 0.4) is 0 Å². The molecule has 1 aromatic rings. The van der Waals surface area contributed by atoms with Crippen molar-refractivity contribution in [1.82, 2.24) is 4.90 Å². The molecule has 21 heavy (non-hydrogen) atoms. The second-order valence-corrected chi connectivity index (χ2v) is 6.31. The first-order valence-corrected chi connectivity index (χ1v) is 7.66. The van der Waals surface area contributed by atoms with Crippen LogP contribution in [0.5, 0.6) is 0 Å². The van der Waals surface area contributed by atoms with Crippen LogP contribution in [0, 0.1) is 11.8 Å². The lowest BCUT2D eigenvalue weighted by atomic mass is 9.72. The van der Waals surface area contributed by atoms with Gasteiger partial charge >= 0.3 is 5.97 Å². The van der Waals surface area contributed by atoms with Gasteiger partial charge in [-0.1, -0.05) is 30.3 Å². The number of Topliss-reactive ketones (excluding diaryl/α,β-unsaturated/α-hetero) is 1. The zero-order valence-corrected chi connectivity index (χ0v) is 12.1. The minimum Gasteiger partial charge on any atom is -0.480 e. The summed E-state index contributed by atoms with van der Waals surface area (Å²) in [5.74, 6) is 0.278. The molecule has 0 bridgehead atoms. The van der Waals surface area contributed by atoms with E-state index in [2.05, 4.69) is 4.90 Å². The summed E-state index contributed by atoms with van der Waals surface area (Å²) in [6.45, 7) is 1.47. The van der Waals surface area contributed by atoms with E-state index in [1.54, 1.807) is 0 Å². The number of carboxylic acid groups (broad SMARTS) is 1. The van der Waals surface area contributed by atoms with Crippen LogP contribution in [0.2, 0.25) is 0 Å². The highest BCUT2D eigenvalue weighted by atomic mass is 16.4. The van der Waals surface area contributed by atoms with Crippen LogP contribution < -0.4 is 0 Å². The lowest BCUT2D eigenvalue weighted by molar-refractivity contribution is -0.148. The fraction of sp³-hybridized carbons (Fsp3) is 0.529. The first-order chi connectivity index (χ1) is 10.1. The number of benzene rings is 1. The van der Waals surface area contributed by atoms with Gasteiger partial charge in [-0.05, 0) is 30.2 Å². The number of carbonyl (C=O) groups excluding carboxylic acids is 1. The summed E-state index contributed by atoms with van der Waals surface area (Å²) in [5.41, 5.74) is 1.15. The van der Waals surface area contributed by atoms with Crippen LogP contribution >= 0.6 is 0 Å². The minimum atomic E-state index is -0.762. The van der Waals surface area contributed by atoms with Gasteiger partial charge in [-0.3, -0.25) is 14.5 Å². The molecular weight excluding hydrogens is 266 g/mol. The van der Waals surface area contributed by atoms with Crippen LogP contribution in [0.15, 0.2) is 30.3 Å². The van der Waals surface area contributed by atoms with E-state index in [1.807, 2.05) is 30.3 Å². The SMILES string of the molecule is O=C1CCC2CN(Cc3ccccc3)[C@@H](C(=O)O)CC2C1. The number of carbonyl (C=O) groups is 2. The van der Waals surface area contributed by atoms with Crippen molar-refractivity contribution in [2.45, 2.75) is 38.3 Å². The summed E-state index contributed by atoms with van der Waals surface area (Å²) >= 11 is 0. The molecule has 2 aliphatic rings. The van der Waals surface area contributed by atoms with Crippen LogP contribution in [-0.2, 0) is 16.1 Å². The summed E-state index contributed by atoms with van der Waals surface area (Å²) in [6, 6.07) is 9.55. The highest BCUT2D eigenvalue weighted by Gasteiger charge is 2.41. The second kappa shape index (κ2) is 5.98. The van der Waals surface area contributed by atoms with E-state index in [9.17, 15) is 14.7 Å². The van der Waals surface area contributed by atoms with Gasteiger partial charge in [-0.2, -0.15) is 0 Å². The average Bonchev–Trinajstić information content (AvgIpc) is 2.47. The van der Waals surface area contributed by atoms with Crippen molar-refractivity contribution in [3.63, 3.8) is 0 Å². The van der Waals surface area contributed by atoms with E-state index < -0.39 is 12.0 Å². The molecule has 1 aliphatic heterocycles. The van der Waals surface area contributed by atoms with E-state index in [0.29, 0.717) is 37.5 Å². The minimum absolute atomic E-state index is 0.263. The Morgan fingerprint density at radius 3 is 2.71 bits per heavy atom. The lowest BCUT2D eigenvalue weighted by Gasteiger charge is -2.44. The predicted octanol–water partition coefficient (Wildman–Crippen LogP) is 2.33. The first kappa shape index (κ1) is 14.3. The Balaban J connectivity index is 1.75. The summed E-state index contributed by atoms with van der Waals surface area (Å²) in [6.07, 6.45) is 2.77. The van der Waals surface area contributed by atoms with Crippen molar-refractivity contribution >= 4 is 11.8 Å². The van der Waals surface area contributed by atoms with E-state index in [1.165, 1.54) is 0 Å². The Kier molecular flexibility index (Phi) is 4.06. The van der Waals surface area contributed by atoms with E-state index in [4.69, 9.17) is 0 Å². The van der Waals surface area contributed by atoms with Crippen molar-refractivity contribution in [3.05, 3.63) is 35.9 Å². The largest absolute Gasteiger partial charge is 0.480 e. The standard InChI is InChI=1S/C17H21NO3/c19-15-7-6-13-11-18(10-12-4-2-1-3-5-12)16(17(20)21)9-14(13)8-15/h1-5,13-14,16H,6-11H2,(H,20,21)/t13?,14?,16-/m1/s1. The lowest BCUT2D eigenvalue weighted by Crippen LogP contribution is -2.51. The van der Waals surface area contributed by atoms with Gasteiger partial charge in [0.25, 0.3) is 0 Å². The highest BCUT2D eigenvalue weighted by molar-refractivity contribution is 5.80. The molecule has 4 nitrogen and oxygen atoms in total. The summed E-state index contributed by atoms with van der Waals surface area (Å²) in [7, 11) is 0. The Hall–Kier alpha value is -1.68. The van der Waals surface area contributed by atoms with Crippen molar-refractivity contribution in [3.8, 4) is 0 Å². The molecular formula is C17H21NO3. The molecule has 112 valence electrons. The number of rotatable bonds is 3. The molecule has 1 saturated carbocycles. The molecule has 0 spiro atoms. The number of fused-ring (bicyclic) bond motifs is 1. The zero-order chi connectivity index (χ0) is 14.8. The Morgan fingerprint density at radius 2 is 2.00 bits per heavy atom. The maximum atomic E-state index is 11.6. The molecule has 4 heteroatoms. The number of carboxylic acids is 1. The van der Waals surface area contributed by atoms with Crippen LogP contribution in [0.4, 0.5) is 0 Å². The molecule has 1 aromatic carbocycles. The molecule has 1 saturated heterocycles. The topological polar surface area (TPSA) is 57.6 Å². The van der Waals surface area contributed by atoms with Crippen molar-refractivity contribution in [1.29, 1.82) is 0 Å². The normalized spacial score (nSPS) is 29.9. The van der Waals surface area contributed by atoms with Gasteiger partial charge in [0, 0.05) is 25.9 Å². The van der Waals surface area contributed by atoms with Crippen LogP contribution in [-0.4, -0.2) is 34.3 Å². The molecule has 2 fully saturated rings. The van der Waals surface area contributed by atoms with Gasteiger partial charge < -0.3 is 5.11 Å². The maximum absolute atomic E-state index is 11.6. The molecule has 3 atom stereocenters. The third-order valence-corrected chi connectivity index (χ3v) is 4.90. The molecule has 2 unspecified atom stereocenters. The fourth-order valence-electron chi connectivity index (χ4n) is 3.77. The van der Waals surface area contributed by atoms with Gasteiger partial charge in [-0.15, -0.1) is 0 Å². The summed E-state index contributed by atoms with van der Waals surface area (Å²) in [4.78, 5) is 25.3. The number of likely N-dealkylation sites (tertiary alicyclic amines) is 1. The van der Waals surface area contributed by atoms with Crippen molar-refractivity contribution in [2.24, 2.45) is 11.8 Å². The van der Waals surface area contributed by atoms with E-state index in [0.717, 1.165) is 18.5 Å². The zero-order valence-electron chi connectivity index (χ0n) is 12.1. The number of ketones is 1. The number of hydrogen-bond acceptors (Lipinski definition) is 3. The number of hydrogen-bond donors (Lipinski definition) is 1. The maximum Gasteiger partial charge on any atom is 0.320 e. The molecule has 0 amide bonds. The Labute approximate surface area is 124 Å². The number of aliphatic carboxylic acids is 1. The Bertz CT molecular complexity index is 528. The van der Waals surface area contributed by atoms with Crippen LogP contribution in [0.25, 0.3) is 0 Å². The highest BCUT2D eigenvalue weighted by Crippen LogP contribution is 2.37. The molecule has 1 N–H and O–H groups in total. The van der Waals surface area contributed by atoms with Gasteiger partial charge in [0.1, 0.15) is 11.8 Å². The Morgan fingerprint density at radius 1 is 1.24 bits per heavy atom. The molecule has 0 aromatic heterocycles. The molecule has 1 heterocycles. The van der Waals surface area contributed by atoms with Crippen LogP contribution in [0.1, 0.15) is 31.2 Å². The third kappa shape index (κ3) is 3.16. The summed E-state index contributed by atoms with van der Waals surface area (Å²) < 4.78 is 0. The molecule has 3 rings (SSSR count). The average molecular weight is 287 g/mol. The quantitative estimate of drug-likeness (QED) is 0.927. The second-order valence-electron chi connectivity index (χ2n) is 6.31. The molecule has 1 aliphatic carbocycles. The van der Waals surface area contributed by atoms with E-state index in [-0.39, 0.29) is 5.92 Å². The van der Waals surface area contributed by atoms with Crippen molar-refractivity contribution in [2.75, 3.05) is 6.54 Å². The van der Waals surface area contributed by atoms with Gasteiger partial charge in [0.2, 0.25) is 0 Å². The monoisotopic (exact) mass is 287 g/mol. The van der Waals surface area contributed by atoms with E-state index >= 15 is 0 Å². The van der Waals surface area contributed by atoms with Gasteiger partial charge in [0.15, 0.2) is 0 Å². The van der Waals surface area contributed by atoms with Gasteiger partial charge in [0.05, 0.1) is 0 Å². The predicted molar refractivity (Wildman–Crippen MR) is 78.7 cm³/mol. The van der Waals surface area contributed by atoms with Gasteiger partial charge in [-0.25, -0.2) is 0 Å². The number of nitrogens with zero attached hydrogens (tertiary/aromatic N) is 1. The third-order valence-electron chi connectivity index (χ3n) is 4.90.